The molecule has 0 saturated heterocycles. The van der Waals surface area contributed by atoms with Crippen molar-refractivity contribution in [1.29, 1.82) is 0 Å². The van der Waals surface area contributed by atoms with Crippen LogP contribution in [0.3, 0.4) is 0 Å². The number of nitrogens with one attached hydrogen (secondary N) is 1. The fourth-order valence-corrected chi connectivity index (χ4v) is 2.29. The van der Waals surface area contributed by atoms with E-state index in [-0.39, 0.29) is 11.8 Å². The van der Waals surface area contributed by atoms with Gasteiger partial charge in [0.2, 0.25) is 0 Å². The Bertz CT molecular complexity index is 660. The maximum absolute atomic E-state index is 10.8. The van der Waals surface area contributed by atoms with E-state index >= 15 is 0 Å². The molecule has 0 aliphatic carbocycles. The summed E-state index contributed by atoms with van der Waals surface area (Å²) in [6.07, 6.45) is -0.168. The molecule has 2 aromatic carbocycles. The first-order valence-corrected chi connectivity index (χ1v) is 7.05. The maximum Gasteiger partial charge on any atom is 0.273 e. The summed E-state index contributed by atoms with van der Waals surface area (Å²) in [6.45, 7) is 1.77. The molecule has 0 saturated carbocycles. The molecule has 0 amide bonds. The highest BCUT2D eigenvalue weighted by Crippen LogP contribution is 2.34. The molecule has 1 heterocycles. The van der Waals surface area contributed by atoms with Crippen LogP contribution in [0, 0.1) is 10.1 Å². The molecule has 6 nitrogen and oxygen atoms in total. The lowest BCUT2D eigenvalue weighted by molar-refractivity contribution is -0.385. The molecule has 0 fully saturated rings. The highest BCUT2D eigenvalue weighted by molar-refractivity contribution is 5.49. The summed E-state index contributed by atoms with van der Waals surface area (Å²) >= 11 is 0. The minimum absolute atomic E-state index is 0.000227. The van der Waals surface area contributed by atoms with E-state index in [1.165, 1.54) is 17.7 Å². The molecule has 1 N–H and O–H groups in total. The van der Waals surface area contributed by atoms with Crippen LogP contribution >= 0.6 is 0 Å². The zero-order valence-electron chi connectivity index (χ0n) is 11.9. The Hall–Kier alpha value is -2.60. The van der Waals surface area contributed by atoms with Crippen LogP contribution in [0.15, 0.2) is 48.5 Å². The maximum atomic E-state index is 10.8. The molecule has 0 aromatic heterocycles. The van der Waals surface area contributed by atoms with Gasteiger partial charge in [0.1, 0.15) is 12.7 Å². The summed E-state index contributed by atoms with van der Waals surface area (Å²) in [7, 11) is 0. The van der Waals surface area contributed by atoms with E-state index in [9.17, 15) is 10.1 Å². The summed E-state index contributed by atoms with van der Waals surface area (Å²) in [5.74, 6) is 0.969. The lowest BCUT2D eigenvalue weighted by atomic mass is 10.2. The number of hydrogen-bond donors (Lipinski definition) is 1. The second-order valence-electron chi connectivity index (χ2n) is 5.06. The van der Waals surface area contributed by atoms with Crippen molar-refractivity contribution in [2.24, 2.45) is 0 Å². The van der Waals surface area contributed by atoms with Gasteiger partial charge in [0.05, 0.1) is 11.0 Å². The number of rotatable bonds is 5. The van der Waals surface area contributed by atoms with E-state index in [2.05, 4.69) is 5.32 Å². The summed E-state index contributed by atoms with van der Waals surface area (Å²) in [6, 6.07) is 14.4. The van der Waals surface area contributed by atoms with Gasteiger partial charge in [-0.25, -0.2) is 0 Å². The fraction of sp³-hybridized carbons (Fsp3) is 0.250. The molecule has 1 atom stereocenters. The molecular formula is C16H16N2O4. The van der Waals surface area contributed by atoms with Crippen molar-refractivity contribution in [3.63, 3.8) is 0 Å². The van der Waals surface area contributed by atoms with Gasteiger partial charge in [0.15, 0.2) is 11.5 Å². The molecule has 2 aromatic rings. The Labute approximate surface area is 127 Å². The van der Waals surface area contributed by atoms with Gasteiger partial charge < -0.3 is 14.8 Å². The number of nitro benzene ring substituents is 1. The molecular weight excluding hydrogens is 284 g/mol. The smallest absolute Gasteiger partial charge is 0.273 e. The van der Waals surface area contributed by atoms with Crippen molar-refractivity contribution in [2.75, 3.05) is 13.2 Å². The first-order chi connectivity index (χ1) is 10.7. The molecule has 1 aliphatic rings. The average molecular weight is 300 g/mol. The minimum Gasteiger partial charge on any atom is -0.486 e. The van der Waals surface area contributed by atoms with E-state index in [0.29, 0.717) is 24.7 Å². The first kappa shape index (κ1) is 14.3. The Balaban J connectivity index is 1.57. The topological polar surface area (TPSA) is 73.6 Å². The minimum atomic E-state index is -0.444. The number of ether oxygens (including phenoxy) is 2. The molecule has 0 bridgehead atoms. The largest absolute Gasteiger partial charge is 0.486 e. The third-order valence-electron chi connectivity index (χ3n) is 3.40. The lowest BCUT2D eigenvalue weighted by Gasteiger charge is -2.26. The van der Waals surface area contributed by atoms with Crippen molar-refractivity contribution < 1.29 is 14.4 Å². The van der Waals surface area contributed by atoms with Crippen LogP contribution < -0.4 is 14.8 Å². The van der Waals surface area contributed by atoms with Crippen molar-refractivity contribution >= 4 is 5.69 Å². The third-order valence-corrected chi connectivity index (χ3v) is 3.40. The van der Waals surface area contributed by atoms with Crippen LogP contribution in [0.25, 0.3) is 0 Å². The summed E-state index contributed by atoms with van der Waals surface area (Å²) in [5, 5.41) is 14.1. The van der Waals surface area contributed by atoms with Crippen LogP contribution in [0.1, 0.15) is 5.56 Å². The van der Waals surface area contributed by atoms with E-state index in [1.54, 1.807) is 6.07 Å². The molecule has 6 heteroatoms. The predicted octanol–water partition coefficient (Wildman–Crippen LogP) is 2.52. The van der Waals surface area contributed by atoms with E-state index < -0.39 is 4.92 Å². The lowest BCUT2D eigenvalue weighted by Crippen LogP contribution is -2.38. The highest BCUT2D eigenvalue weighted by atomic mass is 16.6. The van der Waals surface area contributed by atoms with Gasteiger partial charge in [0, 0.05) is 19.2 Å². The molecule has 22 heavy (non-hydrogen) atoms. The van der Waals surface area contributed by atoms with Crippen LogP contribution in [0.4, 0.5) is 5.69 Å². The van der Waals surface area contributed by atoms with E-state index in [0.717, 1.165) is 6.54 Å². The number of hydrogen-bond acceptors (Lipinski definition) is 5. The van der Waals surface area contributed by atoms with Crippen LogP contribution in [0.2, 0.25) is 0 Å². The number of nitrogens with zero attached hydrogens (tertiary/aromatic N) is 1. The van der Waals surface area contributed by atoms with Crippen LogP contribution in [-0.2, 0) is 6.54 Å². The van der Waals surface area contributed by atoms with Crippen molar-refractivity contribution in [1.82, 2.24) is 5.32 Å². The second-order valence-corrected chi connectivity index (χ2v) is 5.06. The van der Waals surface area contributed by atoms with Crippen molar-refractivity contribution in [3.05, 3.63) is 64.2 Å². The molecule has 0 radical (unpaired) electrons. The second kappa shape index (κ2) is 6.44. The molecule has 3 rings (SSSR count). The molecule has 0 spiro atoms. The number of fused-ring (bicyclic) bond motifs is 1. The summed E-state index contributed by atoms with van der Waals surface area (Å²) in [5.41, 5.74) is 1.19. The zero-order chi connectivity index (χ0) is 15.4. The SMILES string of the molecule is O=[N+]([O-])c1ccc2c(c1)O[C@@H](CNCc1ccccc1)CO2. The Morgan fingerprint density at radius 3 is 2.77 bits per heavy atom. The van der Waals surface area contributed by atoms with Crippen molar-refractivity contribution in [3.8, 4) is 11.5 Å². The fourth-order valence-electron chi connectivity index (χ4n) is 2.29. The monoisotopic (exact) mass is 300 g/mol. The van der Waals surface area contributed by atoms with Gasteiger partial charge in [-0.05, 0) is 11.6 Å². The zero-order valence-corrected chi connectivity index (χ0v) is 11.9. The number of non-ortho nitro benzene ring substituents is 1. The summed E-state index contributed by atoms with van der Waals surface area (Å²) < 4.78 is 11.4. The standard InChI is InChI=1S/C16H16N2O4/c19-18(20)13-6-7-15-16(8-13)22-14(11-21-15)10-17-9-12-4-2-1-3-5-12/h1-8,14,17H,9-11H2/t14-/m0/s1. The van der Waals surface area contributed by atoms with Gasteiger partial charge >= 0.3 is 0 Å². The Morgan fingerprint density at radius 1 is 1.18 bits per heavy atom. The quantitative estimate of drug-likeness (QED) is 0.678. The van der Waals surface area contributed by atoms with Gasteiger partial charge in [0.25, 0.3) is 5.69 Å². The van der Waals surface area contributed by atoms with Gasteiger partial charge in [-0.1, -0.05) is 30.3 Å². The Kier molecular flexibility index (Phi) is 4.20. The normalized spacial score (nSPS) is 16.3. The summed E-state index contributed by atoms with van der Waals surface area (Å²) in [4.78, 5) is 10.4. The third kappa shape index (κ3) is 3.35. The number of benzene rings is 2. The Morgan fingerprint density at radius 2 is 2.00 bits per heavy atom. The average Bonchev–Trinajstić information content (AvgIpc) is 2.55. The molecule has 114 valence electrons. The van der Waals surface area contributed by atoms with Gasteiger partial charge in [-0.2, -0.15) is 0 Å². The van der Waals surface area contributed by atoms with Gasteiger partial charge in [-0.15, -0.1) is 0 Å². The van der Waals surface area contributed by atoms with Crippen molar-refractivity contribution in [2.45, 2.75) is 12.6 Å². The molecule has 1 aliphatic heterocycles. The highest BCUT2D eigenvalue weighted by Gasteiger charge is 2.23. The van der Waals surface area contributed by atoms with Crippen LogP contribution in [0.5, 0.6) is 11.5 Å². The van der Waals surface area contributed by atoms with E-state index in [4.69, 9.17) is 9.47 Å². The number of nitro groups is 1. The predicted molar refractivity (Wildman–Crippen MR) is 81.2 cm³/mol. The van der Waals surface area contributed by atoms with E-state index in [1.807, 2.05) is 30.3 Å². The molecule has 0 unspecified atom stereocenters. The van der Waals surface area contributed by atoms with Crippen LogP contribution in [-0.4, -0.2) is 24.2 Å². The first-order valence-electron chi connectivity index (χ1n) is 7.05. The van der Waals surface area contributed by atoms with Gasteiger partial charge in [-0.3, -0.25) is 10.1 Å².